The number of amidine groups is 1. The highest BCUT2D eigenvalue weighted by atomic mass is 35.5. The van der Waals surface area contributed by atoms with Crippen LogP contribution in [0, 0.1) is 17.4 Å². The molecule has 0 aromatic heterocycles. The quantitative estimate of drug-likeness (QED) is 0.388. The summed E-state index contributed by atoms with van der Waals surface area (Å²) in [4.78, 5) is 15.9. The summed E-state index contributed by atoms with van der Waals surface area (Å²) >= 11 is 7.35. The molecule has 1 aromatic rings. The van der Waals surface area contributed by atoms with E-state index in [9.17, 15) is 4.79 Å². The van der Waals surface area contributed by atoms with Crippen molar-refractivity contribution in [2.45, 2.75) is 13.8 Å². The van der Waals surface area contributed by atoms with Crippen LogP contribution in [0.4, 0.5) is 11.4 Å². The Labute approximate surface area is 127 Å². The van der Waals surface area contributed by atoms with Gasteiger partial charge in [-0.2, -0.15) is 5.26 Å². The lowest BCUT2D eigenvalue weighted by Crippen LogP contribution is -2.17. The second-order valence-electron chi connectivity index (χ2n) is 4.17. The molecule has 7 heteroatoms. The van der Waals surface area contributed by atoms with Crippen LogP contribution in [-0.4, -0.2) is 17.3 Å². The van der Waals surface area contributed by atoms with Gasteiger partial charge in [-0.05, 0) is 24.5 Å². The SMILES string of the molecule is CSC(=Nc1cc(NC(=O)C(C)C)ccc1Cl)NC#N. The number of nitriles is 1. The normalized spacial score (nSPS) is 11.1. The van der Waals surface area contributed by atoms with Crippen molar-refractivity contribution in [3.05, 3.63) is 23.2 Å². The third-order valence-electron chi connectivity index (χ3n) is 2.32. The van der Waals surface area contributed by atoms with Crippen LogP contribution < -0.4 is 10.6 Å². The number of halogens is 1. The molecule has 1 rings (SSSR count). The summed E-state index contributed by atoms with van der Waals surface area (Å²) in [6.07, 6.45) is 3.60. The molecule has 1 amide bonds. The molecule has 0 heterocycles. The third-order valence-corrected chi connectivity index (χ3v) is 3.22. The van der Waals surface area contributed by atoms with Crippen LogP contribution in [0.15, 0.2) is 23.2 Å². The topological polar surface area (TPSA) is 77.3 Å². The Kier molecular flexibility index (Phi) is 6.36. The molecule has 0 radical (unpaired) electrons. The molecule has 0 aliphatic carbocycles. The molecule has 5 nitrogen and oxygen atoms in total. The van der Waals surface area contributed by atoms with Gasteiger partial charge in [0, 0.05) is 11.6 Å². The highest BCUT2D eigenvalue weighted by molar-refractivity contribution is 8.13. The molecule has 1 aromatic carbocycles. The first-order valence-corrected chi connectivity index (χ1v) is 7.46. The Balaban J connectivity index is 3.03. The van der Waals surface area contributed by atoms with Crippen LogP contribution in [0.5, 0.6) is 0 Å². The summed E-state index contributed by atoms with van der Waals surface area (Å²) in [6.45, 7) is 3.62. The first-order chi connectivity index (χ1) is 9.47. The largest absolute Gasteiger partial charge is 0.326 e. The summed E-state index contributed by atoms with van der Waals surface area (Å²) in [6, 6.07) is 5.02. The molecular formula is C13H15ClN4OS. The Hall–Kier alpha value is -1.71. The zero-order chi connectivity index (χ0) is 15.1. The highest BCUT2D eigenvalue weighted by Crippen LogP contribution is 2.29. The Morgan fingerprint density at radius 3 is 2.75 bits per heavy atom. The number of hydrogen-bond acceptors (Lipinski definition) is 4. The van der Waals surface area contributed by atoms with Gasteiger partial charge in [0.25, 0.3) is 0 Å². The minimum absolute atomic E-state index is 0.0810. The Morgan fingerprint density at radius 2 is 2.20 bits per heavy atom. The van der Waals surface area contributed by atoms with Crippen molar-refractivity contribution in [3.63, 3.8) is 0 Å². The van der Waals surface area contributed by atoms with E-state index in [1.807, 2.05) is 13.8 Å². The van der Waals surface area contributed by atoms with Gasteiger partial charge in [0.2, 0.25) is 5.91 Å². The lowest BCUT2D eigenvalue weighted by Gasteiger charge is -2.09. The van der Waals surface area contributed by atoms with E-state index in [0.29, 0.717) is 21.6 Å². The number of carbonyl (C=O) groups excluding carboxylic acids is 1. The second kappa shape index (κ2) is 7.78. The van der Waals surface area contributed by atoms with Crippen molar-refractivity contribution >= 4 is 45.8 Å². The predicted octanol–water partition coefficient (Wildman–Crippen LogP) is 3.36. The lowest BCUT2D eigenvalue weighted by atomic mass is 10.2. The Morgan fingerprint density at radius 1 is 1.50 bits per heavy atom. The fourth-order valence-corrected chi connectivity index (χ4v) is 1.74. The number of nitrogens with zero attached hydrogens (tertiary/aromatic N) is 2. The van der Waals surface area contributed by atoms with Crippen LogP contribution in [-0.2, 0) is 4.79 Å². The van der Waals surface area contributed by atoms with Crippen LogP contribution >= 0.6 is 23.4 Å². The number of carbonyl (C=O) groups is 1. The van der Waals surface area contributed by atoms with Crippen molar-refractivity contribution in [3.8, 4) is 6.19 Å². The molecule has 0 saturated carbocycles. The van der Waals surface area contributed by atoms with Crippen molar-refractivity contribution in [2.75, 3.05) is 11.6 Å². The fraction of sp³-hybridized carbons (Fsp3) is 0.308. The number of benzene rings is 1. The highest BCUT2D eigenvalue weighted by Gasteiger charge is 2.09. The number of amides is 1. The maximum Gasteiger partial charge on any atom is 0.226 e. The van der Waals surface area contributed by atoms with Gasteiger partial charge in [-0.15, -0.1) is 0 Å². The number of anilines is 1. The first kappa shape index (κ1) is 16.3. The molecule has 106 valence electrons. The zero-order valence-electron chi connectivity index (χ0n) is 11.4. The summed E-state index contributed by atoms with van der Waals surface area (Å²) < 4.78 is 0. The Bertz CT molecular complexity index is 566. The minimum atomic E-state index is -0.111. The first-order valence-electron chi connectivity index (χ1n) is 5.86. The maximum absolute atomic E-state index is 11.6. The van der Waals surface area contributed by atoms with Gasteiger partial charge in [0.1, 0.15) is 0 Å². The van der Waals surface area contributed by atoms with Gasteiger partial charge >= 0.3 is 0 Å². The van der Waals surface area contributed by atoms with E-state index in [2.05, 4.69) is 15.6 Å². The molecule has 0 fully saturated rings. The summed E-state index contributed by atoms with van der Waals surface area (Å²) in [5.41, 5.74) is 1.10. The monoisotopic (exact) mass is 310 g/mol. The minimum Gasteiger partial charge on any atom is -0.326 e. The number of thioether (sulfide) groups is 1. The number of rotatable bonds is 3. The number of nitrogens with one attached hydrogen (secondary N) is 2. The van der Waals surface area contributed by atoms with Crippen molar-refractivity contribution < 1.29 is 4.79 Å². The van der Waals surface area contributed by atoms with Crippen LogP contribution in [0.2, 0.25) is 5.02 Å². The predicted molar refractivity (Wildman–Crippen MR) is 84.3 cm³/mol. The standard InChI is InChI=1S/C13H15ClN4OS/c1-8(2)12(19)17-9-4-5-10(14)11(6-9)18-13(20-3)16-7-15/h4-6,8H,1-3H3,(H,16,18)(H,17,19). The molecule has 20 heavy (non-hydrogen) atoms. The fourth-order valence-electron chi connectivity index (χ4n) is 1.24. The molecule has 0 unspecified atom stereocenters. The van der Waals surface area contributed by atoms with E-state index in [1.165, 1.54) is 11.8 Å². The molecule has 0 bridgehead atoms. The van der Waals surface area contributed by atoms with Gasteiger partial charge in [-0.3, -0.25) is 10.1 Å². The van der Waals surface area contributed by atoms with Gasteiger partial charge < -0.3 is 5.32 Å². The van der Waals surface area contributed by atoms with Gasteiger partial charge in [0.05, 0.1) is 10.7 Å². The van der Waals surface area contributed by atoms with Crippen LogP contribution in [0.3, 0.4) is 0 Å². The van der Waals surface area contributed by atoms with Crippen LogP contribution in [0.1, 0.15) is 13.8 Å². The van der Waals surface area contributed by atoms with E-state index in [0.717, 1.165) is 0 Å². The van der Waals surface area contributed by atoms with Crippen molar-refractivity contribution in [1.29, 1.82) is 5.26 Å². The average molecular weight is 311 g/mol. The number of hydrogen-bond donors (Lipinski definition) is 2. The van der Waals surface area contributed by atoms with Crippen molar-refractivity contribution in [1.82, 2.24) is 5.32 Å². The molecule has 0 spiro atoms. The van der Waals surface area contributed by atoms with Gasteiger partial charge in [-0.25, -0.2) is 4.99 Å². The summed E-state index contributed by atoms with van der Waals surface area (Å²) in [5, 5.41) is 14.7. The average Bonchev–Trinajstić information content (AvgIpc) is 2.41. The number of aliphatic imine (C=N–C) groups is 1. The molecule has 0 saturated heterocycles. The molecular weight excluding hydrogens is 296 g/mol. The van der Waals surface area contributed by atoms with Gasteiger partial charge in [0.15, 0.2) is 11.4 Å². The molecule has 2 N–H and O–H groups in total. The van der Waals surface area contributed by atoms with E-state index in [4.69, 9.17) is 16.9 Å². The second-order valence-corrected chi connectivity index (χ2v) is 5.37. The van der Waals surface area contributed by atoms with E-state index in [1.54, 1.807) is 30.6 Å². The van der Waals surface area contributed by atoms with Crippen molar-refractivity contribution in [2.24, 2.45) is 10.9 Å². The maximum atomic E-state index is 11.6. The lowest BCUT2D eigenvalue weighted by molar-refractivity contribution is -0.118. The molecule has 0 aliphatic heterocycles. The van der Waals surface area contributed by atoms with Crippen LogP contribution in [0.25, 0.3) is 0 Å². The van der Waals surface area contributed by atoms with E-state index >= 15 is 0 Å². The van der Waals surface area contributed by atoms with Gasteiger partial charge in [-0.1, -0.05) is 37.2 Å². The zero-order valence-corrected chi connectivity index (χ0v) is 13.0. The van der Waals surface area contributed by atoms with E-state index in [-0.39, 0.29) is 11.8 Å². The summed E-state index contributed by atoms with van der Waals surface area (Å²) in [5.74, 6) is -0.192. The smallest absolute Gasteiger partial charge is 0.226 e. The molecule has 0 aliphatic rings. The van der Waals surface area contributed by atoms with E-state index < -0.39 is 0 Å². The molecule has 0 atom stereocenters. The third kappa shape index (κ3) is 4.76. The summed E-state index contributed by atoms with van der Waals surface area (Å²) in [7, 11) is 0.